The van der Waals surface area contributed by atoms with Crippen LogP contribution in [0.25, 0.3) is 0 Å². The van der Waals surface area contributed by atoms with Crippen LogP contribution >= 0.6 is 0 Å². The molecular weight excluding hydrogens is 224 g/mol. The lowest BCUT2D eigenvalue weighted by molar-refractivity contribution is 0.0156. The molecule has 0 spiro atoms. The summed E-state index contributed by atoms with van der Waals surface area (Å²) < 4.78 is 5.69. The third-order valence-electron chi connectivity index (χ3n) is 3.44. The van der Waals surface area contributed by atoms with Gasteiger partial charge in [0.05, 0.1) is 17.7 Å². The number of benzene rings is 1. The van der Waals surface area contributed by atoms with Gasteiger partial charge in [-0.3, -0.25) is 0 Å². The zero-order valence-electron chi connectivity index (χ0n) is 10.9. The second kappa shape index (κ2) is 6.53. The molecule has 1 heterocycles. The third kappa shape index (κ3) is 3.56. The highest BCUT2D eigenvalue weighted by Gasteiger charge is 2.15. The summed E-state index contributed by atoms with van der Waals surface area (Å²) in [7, 11) is 0. The zero-order valence-corrected chi connectivity index (χ0v) is 10.9. The summed E-state index contributed by atoms with van der Waals surface area (Å²) in [5.41, 5.74) is 1.87. The lowest BCUT2D eigenvalue weighted by Gasteiger charge is -2.25. The van der Waals surface area contributed by atoms with Crippen LogP contribution in [0.2, 0.25) is 0 Å². The van der Waals surface area contributed by atoms with Gasteiger partial charge >= 0.3 is 0 Å². The Morgan fingerprint density at radius 3 is 3.11 bits per heavy atom. The third-order valence-corrected chi connectivity index (χ3v) is 3.44. The summed E-state index contributed by atoms with van der Waals surface area (Å²) in [5, 5.41) is 12.4. The van der Waals surface area contributed by atoms with E-state index in [-0.39, 0.29) is 6.04 Å². The first kappa shape index (κ1) is 13.1. The Balaban J connectivity index is 1.86. The van der Waals surface area contributed by atoms with E-state index in [2.05, 4.69) is 24.4 Å². The van der Waals surface area contributed by atoms with Gasteiger partial charge in [0.2, 0.25) is 0 Å². The van der Waals surface area contributed by atoms with Gasteiger partial charge in [-0.2, -0.15) is 5.26 Å². The largest absolute Gasteiger partial charge is 0.377 e. The van der Waals surface area contributed by atoms with Crippen LogP contribution in [0.3, 0.4) is 0 Å². The normalized spacial score (nSPS) is 21.2. The Kier molecular flexibility index (Phi) is 4.74. The molecule has 3 nitrogen and oxygen atoms in total. The first-order chi connectivity index (χ1) is 8.79. The Morgan fingerprint density at radius 2 is 2.39 bits per heavy atom. The van der Waals surface area contributed by atoms with Gasteiger partial charge in [-0.1, -0.05) is 12.1 Å². The van der Waals surface area contributed by atoms with Crippen LogP contribution in [0.4, 0.5) is 0 Å². The SMILES string of the molecule is CC(NCC1CCCCO1)c1cccc(C#N)c1. The van der Waals surface area contributed by atoms with E-state index in [1.807, 2.05) is 18.2 Å². The average molecular weight is 244 g/mol. The van der Waals surface area contributed by atoms with Crippen LogP contribution in [0.1, 0.15) is 43.4 Å². The number of nitrogens with one attached hydrogen (secondary N) is 1. The van der Waals surface area contributed by atoms with Gasteiger partial charge in [-0.15, -0.1) is 0 Å². The molecule has 0 aliphatic carbocycles. The maximum Gasteiger partial charge on any atom is 0.0991 e. The van der Waals surface area contributed by atoms with E-state index in [1.54, 1.807) is 0 Å². The molecular formula is C15H20N2O. The summed E-state index contributed by atoms with van der Waals surface area (Å²) in [4.78, 5) is 0. The predicted octanol–water partition coefficient (Wildman–Crippen LogP) is 2.78. The molecule has 1 aromatic rings. The minimum atomic E-state index is 0.254. The van der Waals surface area contributed by atoms with Crippen LogP contribution in [0.5, 0.6) is 0 Å². The molecule has 3 heteroatoms. The molecule has 18 heavy (non-hydrogen) atoms. The molecule has 0 saturated carbocycles. The number of rotatable bonds is 4. The molecule has 0 aromatic heterocycles. The van der Waals surface area contributed by atoms with E-state index >= 15 is 0 Å². The fourth-order valence-corrected chi connectivity index (χ4v) is 2.27. The van der Waals surface area contributed by atoms with Gasteiger partial charge in [-0.25, -0.2) is 0 Å². The van der Waals surface area contributed by atoms with Crippen molar-refractivity contribution in [3.63, 3.8) is 0 Å². The lowest BCUT2D eigenvalue weighted by atomic mass is 10.0. The minimum absolute atomic E-state index is 0.254. The quantitative estimate of drug-likeness (QED) is 0.885. The molecule has 2 rings (SSSR count). The molecule has 1 aliphatic heterocycles. The van der Waals surface area contributed by atoms with Crippen molar-refractivity contribution in [1.29, 1.82) is 5.26 Å². The summed E-state index contributed by atoms with van der Waals surface area (Å²) >= 11 is 0. The first-order valence-electron chi connectivity index (χ1n) is 6.64. The van der Waals surface area contributed by atoms with E-state index in [0.717, 1.165) is 30.7 Å². The summed E-state index contributed by atoms with van der Waals surface area (Å²) in [6, 6.07) is 10.2. The number of hydrogen-bond donors (Lipinski definition) is 1. The van der Waals surface area contributed by atoms with Crippen LogP contribution in [-0.4, -0.2) is 19.3 Å². The van der Waals surface area contributed by atoms with Crippen molar-refractivity contribution in [2.45, 2.75) is 38.3 Å². The second-order valence-corrected chi connectivity index (χ2v) is 4.86. The van der Waals surface area contributed by atoms with Crippen LogP contribution in [0, 0.1) is 11.3 Å². The molecule has 0 radical (unpaired) electrons. The van der Waals surface area contributed by atoms with Crippen LogP contribution in [-0.2, 0) is 4.74 Å². The topological polar surface area (TPSA) is 45.0 Å². The summed E-state index contributed by atoms with van der Waals surface area (Å²) in [5.74, 6) is 0. The van der Waals surface area contributed by atoms with Gasteiger partial charge in [0.15, 0.2) is 0 Å². The van der Waals surface area contributed by atoms with E-state index in [0.29, 0.717) is 6.10 Å². The van der Waals surface area contributed by atoms with Crippen molar-refractivity contribution in [2.24, 2.45) is 0 Å². The van der Waals surface area contributed by atoms with Gasteiger partial charge in [0, 0.05) is 19.2 Å². The monoisotopic (exact) mass is 244 g/mol. The van der Waals surface area contributed by atoms with Gasteiger partial charge in [0.1, 0.15) is 0 Å². The Bertz CT molecular complexity index is 419. The molecule has 2 unspecified atom stereocenters. The highest BCUT2D eigenvalue weighted by molar-refractivity contribution is 5.33. The van der Waals surface area contributed by atoms with Crippen LogP contribution in [0.15, 0.2) is 24.3 Å². The highest BCUT2D eigenvalue weighted by Crippen LogP contribution is 2.16. The molecule has 96 valence electrons. The van der Waals surface area contributed by atoms with Crippen molar-refractivity contribution in [2.75, 3.05) is 13.2 Å². The first-order valence-corrected chi connectivity index (χ1v) is 6.64. The Labute approximate surface area is 109 Å². The second-order valence-electron chi connectivity index (χ2n) is 4.86. The number of ether oxygens (including phenoxy) is 1. The molecule has 0 bridgehead atoms. The smallest absolute Gasteiger partial charge is 0.0991 e. The molecule has 0 amide bonds. The van der Waals surface area contributed by atoms with Gasteiger partial charge < -0.3 is 10.1 Å². The van der Waals surface area contributed by atoms with Crippen molar-refractivity contribution in [3.05, 3.63) is 35.4 Å². The van der Waals surface area contributed by atoms with Crippen LogP contribution < -0.4 is 5.32 Å². The zero-order chi connectivity index (χ0) is 12.8. The Morgan fingerprint density at radius 1 is 1.50 bits per heavy atom. The molecule has 2 atom stereocenters. The Hall–Kier alpha value is -1.37. The van der Waals surface area contributed by atoms with Gasteiger partial charge in [-0.05, 0) is 43.9 Å². The molecule has 1 N–H and O–H groups in total. The van der Waals surface area contributed by atoms with E-state index in [9.17, 15) is 0 Å². The van der Waals surface area contributed by atoms with E-state index in [4.69, 9.17) is 10.00 Å². The maximum atomic E-state index is 8.89. The average Bonchev–Trinajstić information content (AvgIpc) is 2.46. The molecule has 1 saturated heterocycles. The fraction of sp³-hybridized carbons (Fsp3) is 0.533. The van der Waals surface area contributed by atoms with Gasteiger partial charge in [0.25, 0.3) is 0 Å². The summed E-state index contributed by atoms with van der Waals surface area (Å²) in [6.07, 6.45) is 3.96. The van der Waals surface area contributed by atoms with E-state index in [1.165, 1.54) is 12.8 Å². The van der Waals surface area contributed by atoms with E-state index < -0.39 is 0 Å². The summed E-state index contributed by atoms with van der Waals surface area (Å²) in [6.45, 7) is 3.90. The highest BCUT2D eigenvalue weighted by atomic mass is 16.5. The van der Waals surface area contributed by atoms with Crippen molar-refractivity contribution in [1.82, 2.24) is 5.32 Å². The minimum Gasteiger partial charge on any atom is -0.377 e. The predicted molar refractivity (Wildman–Crippen MR) is 71.2 cm³/mol. The standard InChI is InChI=1S/C15H20N2O/c1-12(14-6-4-5-13(9-14)10-16)17-11-15-7-2-3-8-18-15/h4-6,9,12,15,17H,2-3,7-8,11H2,1H3. The van der Waals surface area contributed by atoms with Crippen molar-refractivity contribution < 1.29 is 4.74 Å². The number of hydrogen-bond acceptors (Lipinski definition) is 3. The lowest BCUT2D eigenvalue weighted by Crippen LogP contribution is -2.33. The van der Waals surface area contributed by atoms with Crippen molar-refractivity contribution >= 4 is 0 Å². The maximum absolute atomic E-state index is 8.89. The molecule has 1 aliphatic rings. The molecule has 1 fully saturated rings. The molecule has 1 aromatic carbocycles. The number of nitriles is 1. The number of nitrogens with zero attached hydrogens (tertiary/aromatic N) is 1. The fourth-order valence-electron chi connectivity index (χ4n) is 2.27. The van der Waals surface area contributed by atoms with Crippen molar-refractivity contribution in [3.8, 4) is 6.07 Å².